The average Bonchev–Trinajstić information content (AvgIpc) is 3.32. The molecule has 12 rings (SSSR count). The number of rotatable bonds is 5. The van der Waals surface area contributed by atoms with Crippen LogP contribution in [0.15, 0.2) is 212 Å². The highest BCUT2D eigenvalue weighted by atomic mass is 15.2. The first-order valence-electron chi connectivity index (χ1n) is 21.3. The minimum Gasteiger partial charge on any atom is -0.376 e. The van der Waals surface area contributed by atoms with Crippen LogP contribution in [0.25, 0.3) is 66.1 Å². The molecule has 2 aliphatic heterocycles. The van der Waals surface area contributed by atoms with Crippen LogP contribution >= 0.6 is 0 Å². The summed E-state index contributed by atoms with van der Waals surface area (Å²) in [6.45, 7) is 4.39. The van der Waals surface area contributed by atoms with Gasteiger partial charge in [0.05, 0.1) is 0 Å². The summed E-state index contributed by atoms with van der Waals surface area (Å²) in [5.74, 6) is 0. The number of hydrogen-bond donors (Lipinski definition) is 0. The molecule has 0 N–H and O–H groups in total. The van der Waals surface area contributed by atoms with E-state index >= 15 is 0 Å². The molecule has 0 fully saturated rings. The molecule has 0 spiro atoms. The van der Waals surface area contributed by atoms with Gasteiger partial charge in [-0.25, -0.2) is 0 Å². The number of fused-ring (bicyclic) bond motifs is 7. The lowest BCUT2D eigenvalue weighted by Gasteiger charge is -2.46. The lowest BCUT2D eigenvalue weighted by atomic mass is 9.43. The summed E-state index contributed by atoms with van der Waals surface area (Å²) >= 11 is 0. The Bertz CT molecular complexity index is 3340. The molecule has 2 heterocycles. The van der Waals surface area contributed by atoms with Gasteiger partial charge in [-0.15, -0.1) is 0 Å². The van der Waals surface area contributed by atoms with Crippen LogP contribution in [0.1, 0.15) is 11.1 Å². The highest BCUT2D eigenvalue weighted by molar-refractivity contribution is 6.94. The predicted octanol–water partition coefficient (Wildman–Crippen LogP) is 14.3. The van der Waals surface area contributed by atoms with Crippen molar-refractivity contribution in [1.82, 2.24) is 0 Å². The third-order valence-electron chi connectivity index (χ3n) is 13.1. The van der Waals surface area contributed by atoms with E-state index in [1.54, 1.807) is 0 Å². The molecule has 0 aliphatic carbocycles. The Morgan fingerprint density at radius 1 is 0.361 bits per heavy atom. The van der Waals surface area contributed by atoms with E-state index in [1.807, 2.05) is 0 Å². The van der Waals surface area contributed by atoms with E-state index in [9.17, 15) is 0 Å². The molecule has 0 saturated heterocycles. The van der Waals surface area contributed by atoms with Crippen molar-refractivity contribution in [3.8, 4) is 44.5 Å². The fraction of sp³-hybridized carbons (Fsp3) is 0.0345. The summed E-state index contributed by atoms with van der Waals surface area (Å²) in [5, 5.41) is 4.95. The second-order valence-corrected chi connectivity index (χ2v) is 16.6. The molecule has 3 heteroatoms. The predicted molar refractivity (Wildman–Crippen MR) is 261 cm³/mol. The minimum atomic E-state index is -0.111. The van der Waals surface area contributed by atoms with E-state index in [1.165, 1.54) is 111 Å². The summed E-state index contributed by atoms with van der Waals surface area (Å²) in [5.41, 5.74) is 20.9. The topological polar surface area (TPSA) is 6.48 Å². The third-order valence-corrected chi connectivity index (χ3v) is 13.1. The van der Waals surface area contributed by atoms with Gasteiger partial charge in [0.15, 0.2) is 0 Å². The molecule has 0 amide bonds. The smallest absolute Gasteiger partial charge is 0.333 e. The second kappa shape index (κ2) is 14.0. The van der Waals surface area contributed by atoms with Crippen LogP contribution in [0.2, 0.25) is 0 Å². The van der Waals surface area contributed by atoms with Gasteiger partial charge in [-0.05, 0) is 139 Å². The molecule has 0 atom stereocenters. The fourth-order valence-electron chi connectivity index (χ4n) is 10.1. The number of nitrogens with zero attached hydrogens (tertiary/aromatic N) is 2. The van der Waals surface area contributed by atoms with Gasteiger partial charge in [-0.2, -0.15) is 0 Å². The highest BCUT2D eigenvalue weighted by Crippen LogP contribution is 2.51. The van der Waals surface area contributed by atoms with Crippen LogP contribution in [-0.4, -0.2) is 6.85 Å². The Balaban J connectivity index is 1.22. The zero-order valence-electron chi connectivity index (χ0n) is 34.2. The molecular formula is C58H41BN2. The molecule has 0 aromatic heterocycles. The number of anilines is 5. The molecule has 0 radical (unpaired) electrons. The van der Waals surface area contributed by atoms with Crippen molar-refractivity contribution < 1.29 is 0 Å². The van der Waals surface area contributed by atoms with Crippen molar-refractivity contribution in [1.29, 1.82) is 0 Å². The molecule has 2 nitrogen and oxygen atoms in total. The zero-order valence-corrected chi connectivity index (χ0v) is 34.2. The van der Waals surface area contributed by atoms with Gasteiger partial charge in [0.1, 0.15) is 0 Å². The molecule has 0 unspecified atom stereocenters. The van der Waals surface area contributed by atoms with E-state index in [2.05, 4.69) is 236 Å². The molecule has 10 aromatic carbocycles. The summed E-state index contributed by atoms with van der Waals surface area (Å²) < 4.78 is 0. The van der Waals surface area contributed by atoms with E-state index in [0.717, 1.165) is 5.69 Å². The first-order valence-corrected chi connectivity index (χ1v) is 21.3. The Kier molecular flexibility index (Phi) is 8.11. The molecule has 0 saturated carbocycles. The monoisotopic (exact) mass is 776 g/mol. The Morgan fingerprint density at radius 3 is 1.72 bits per heavy atom. The lowest BCUT2D eigenvalue weighted by molar-refractivity contribution is 1.25. The summed E-state index contributed by atoms with van der Waals surface area (Å²) in [7, 11) is 0. The van der Waals surface area contributed by atoms with E-state index < -0.39 is 0 Å². The maximum atomic E-state index is 2.63. The molecular weight excluding hydrogens is 735 g/mol. The van der Waals surface area contributed by atoms with E-state index in [0.29, 0.717) is 0 Å². The van der Waals surface area contributed by atoms with Crippen molar-refractivity contribution in [2.45, 2.75) is 13.8 Å². The number of benzene rings is 10. The van der Waals surface area contributed by atoms with Gasteiger partial charge in [-0.1, -0.05) is 170 Å². The van der Waals surface area contributed by atoms with Gasteiger partial charge >= 0.3 is 6.85 Å². The van der Waals surface area contributed by atoms with Crippen LogP contribution < -0.4 is 20.6 Å². The highest BCUT2D eigenvalue weighted by Gasteiger charge is 2.46. The van der Waals surface area contributed by atoms with E-state index in [-0.39, 0.29) is 6.85 Å². The summed E-state index contributed by atoms with van der Waals surface area (Å²) in [6, 6.07) is 78.9. The van der Waals surface area contributed by atoms with Crippen LogP contribution in [-0.2, 0) is 0 Å². The largest absolute Gasteiger partial charge is 0.376 e. The van der Waals surface area contributed by atoms with Crippen molar-refractivity contribution >= 4 is 67.8 Å². The van der Waals surface area contributed by atoms with Gasteiger partial charge in [-0.3, -0.25) is 0 Å². The van der Waals surface area contributed by atoms with Crippen molar-refractivity contribution in [2.24, 2.45) is 0 Å². The fourth-order valence-corrected chi connectivity index (χ4v) is 10.1. The maximum absolute atomic E-state index is 2.63. The van der Waals surface area contributed by atoms with Crippen LogP contribution in [0.4, 0.5) is 28.4 Å². The standard InChI is InChI=1S/C58H41BN2/c1-38-15-9-13-23-49(38)47-33-51-57-50-24-14-12-20-43(50)29-32-53(57)61(48-30-27-42(28-31-48)40-16-5-3-6-17-40)59-52-34-44-21-10-11-22-45(44)36-55(52)60(56(37-47)58(51)59)54-35-46(26-25-39(54)2)41-18-7-4-8-19-41/h3-37H,1-2H3. The number of hydrogen-bond acceptors (Lipinski definition) is 2. The first-order chi connectivity index (χ1) is 30.1. The Labute approximate surface area is 357 Å². The van der Waals surface area contributed by atoms with Crippen LogP contribution in [0, 0.1) is 13.8 Å². The normalized spacial score (nSPS) is 12.7. The Hall–Kier alpha value is -7.62. The van der Waals surface area contributed by atoms with Gasteiger partial charge in [0.25, 0.3) is 0 Å². The molecule has 2 aliphatic rings. The Morgan fingerprint density at radius 2 is 0.967 bits per heavy atom. The molecule has 286 valence electrons. The van der Waals surface area contributed by atoms with Crippen molar-refractivity contribution in [3.05, 3.63) is 223 Å². The first kappa shape index (κ1) is 35.3. The molecule has 10 aromatic rings. The van der Waals surface area contributed by atoms with Gasteiger partial charge in [0.2, 0.25) is 0 Å². The van der Waals surface area contributed by atoms with Gasteiger partial charge in [0, 0.05) is 34.0 Å². The van der Waals surface area contributed by atoms with Crippen molar-refractivity contribution in [2.75, 3.05) is 9.71 Å². The quantitative estimate of drug-likeness (QED) is 0.161. The van der Waals surface area contributed by atoms with Crippen molar-refractivity contribution in [3.63, 3.8) is 0 Å². The third kappa shape index (κ3) is 5.65. The molecule has 0 bridgehead atoms. The summed E-state index contributed by atoms with van der Waals surface area (Å²) in [4.78, 5) is 5.22. The lowest BCUT2D eigenvalue weighted by Crippen LogP contribution is -2.61. The van der Waals surface area contributed by atoms with Crippen LogP contribution in [0.3, 0.4) is 0 Å². The molecule has 61 heavy (non-hydrogen) atoms. The average molecular weight is 777 g/mol. The van der Waals surface area contributed by atoms with E-state index in [4.69, 9.17) is 0 Å². The minimum absolute atomic E-state index is 0.111. The second-order valence-electron chi connectivity index (χ2n) is 16.6. The summed E-state index contributed by atoms with van der Waals surface area (Å²) in [6.07, 6.45) is 0. The zero-order chi connectivity index (χ0) is 40.6. The maximum Gasteiger partial charge on any atom is 0.333 e. The van der Waals surface area contributed by atoms with Crippen LogP contribution in [0.5, 0.6) is 0 Å². The number of aryl methyl sites for hydroxylation is 2. The van der Waals surface area contributed by atoms with Gasteiger partial charge < -0.3 is 9.71 Å². The SMILES string of the molecule is Cc1ccccc1-c1cc2c3c(c1)N(c1cc(-c4ccccc4)ccc1C)c1cc4ccccc4cc1B3N(c1ccc(-c3ccccc3)cc1)c1ccc3ccccc3c1-2.